The maximum Gasteiger partial charge on any atom is 0.125 e. The van der Waals surface area contributed by atoms with E-state index in [1.165, 1.54) is 5.56 Å². The molecule has 98 valence electrons. The van der Waals surface area contributed by atoms with Crippen LogP contribution in [-0.4, -0.2) is 11.6 Å². The lowest BCUT2D eigenvalue weighted by molar-refractivity contribution is 0.316. The molecule has 1 aliphatic heterocycles. The first-order valence-electron chi connectivity index (χ1n) is 6.42. The number of ether oxygens (including phenoxy) is 1. The molecule has 2 heterocycles. The lowest BCUT2D eigenvalue weighted by Crippen LogP contribution is -2.10. The molecule has 0 saturated heterocycles. The summed E-state index contributed by atoms with van der Waals surface area (Å²) < 4.78 is 6.86. The minimum absolute atomic E-state index is 0.273. The van der Waals surface area contributed by atoms with Crippen LogP contribution < -0.4 is 10.1 Å². The molecule has 4 heteroatoms. The number of benzene rings is 1. The fraction of sp³-hybridized carbons (Fsp3) is 0.267. The summed E-state index contributed by atoms with van der Waals surface area (Å²) >= 11 is 3.49. The summed E-state index contributed by atoms with van der Waals surface area (Å²) in [7, 11) is 0. The largest absolute Gasteiger partial charge is 0.493 e. The van der Waals surface area contributed by atoms with E-state index in [0.29, 0.717) is 0 Å². The van der Waals surface area contributed by atoms with E-state index in [4.69, 9.17) is 4.74 Å². The van der Waals surface area contributed by atoms with Crippen LogP contribution in [0.25, 0.3) is 0 Å². The van der Waals surface area contributed by atoms with Gasteiger partial charge in [0.25, 0.3) is 0 Å². The van der Waals surface area contributed by atoms with Gasteiger partial charge in [0.2, 0.25) is 0 Å². The van der Waals surface area contributed by atoms with Crippen LogP contribution in [0.2, 0.25) is 0 Å². The van der Waals surface area contributed by atoms with Gasteiger partial charge < -0.3 is 10.1 Å². The summed E-state index contributed by atoms with van der Waals surface area (Å²) in [6.07, 6.45) is 5.74. The van der Waals surface area contributed by atoms with Crippen molar-refractivity contribution in [3.63, 3.8) is 0 Å². The maximum absolute atomic E-state index is 5.81. The molecule has 0 amide bonds. The lowest BCUT2D eigenvalue weighted by Gasteiger charge is -2.19. The first-order chi connectivity index (χ1) is 9.33. The van der Waals surface area contributed by atoms with Crippen LogP contribution in [0.1, 0.15) is 24.4 Å². The number of halogens is 1. The first-order valence-corrected chi connectivity index (χ1v) is 7.21. The summed E-state index contributed by atoms with van der Waals surface area (Å²) in [5.74, 6) is 0.966. The van der Waals surface area contributed by atoms with Crippen molar-refractivity contribution in [3.05, 3.63) is 52.8 Å². The third-order valence-corrected chi connectivity index (χ3v) is 3.74. The average molecular weight is 319 g/mol. The van der Waals surface area contributed by atoms with Crippen LogP contribution in [0.4, 0.5) is 5.69 Å². The van der Waals surface area contributed by atoms with Crippen LogP contribution in [-0.2, 0) is 0 Å². The van der Waals surface area contributed by atoms with Gasteiger partial charge in [0, 0.05) is 22.4 Å². The second-order valence-electron chi connectivity index (χ2n) is 4.61. The molecule has 0 spiro atoms. The van der Waals surface area contributed by atoms with Gasteiger partial charge >= 0.3 is 0 Å². The van der Waals surface area contributed by atoms with Crippen LogP contribution in [0.3, 0.4) is 0 Å². The monoisotopic (exact) mass is 318 g/mol. The van der Waals surface area contributed by atoms with Crippen molar-refractivity contribution in [3.8, 4) is 5.75 Å². The van der Waals surface area contributed by atoms with Crippen molar-refractivity contribution in [2.45, 2.75) is 18.9 Å². The van der Waals surface area contributed by atoms with Gasteiger partial charge in [-0.2, -0.15) is 0 Å². The smallest absolute Gasteiger partial charge is 0.125 e. The van der Waals surface area contributed by atoms with Gasteiger partial charge in [-0.05, 0) is 37.1 Å². The molecule has 1 N–H and O–H groups in total. The highest BCUT2D eigenvalue weighted by Crippen LogP contribution is 2.35. The van der Waals surface area contributed by atoms with Crippen molar-refractivity contribution in [2.75, 3.05) is 11.9 Å². The molecule has 0 radical (unpaired) electrons. The normalized spacial score (nSPS) is 18.1. The number of nitrogens with zero attached hydrogens (tertiary/aromatic N) is 1. The van der Waals surface area contributed by atoms with E-state index in [1.807, 2.05) is 24.4 Å². The molecular weight excluding hydrogens is 304 g/mol. The molecule has 1 atom stereocenters. The summed E-state index contributed by atoms with van der Waals surface area (Å²) in [4.78, 5) is 4.14. The predicted octanol–water partition coefficient (Wildman–Crippen LogP) is 4.17. The van der Waals surface area contributed by atoms with Crippen molar-refractivity contribution < 1.29 is 4.74 Å². The molecular formula is C15H15BrN2O. The van der Waals surface area contributed by atoms with Crippen LogP contribution in [0.15, 0.2) is 47.2 Å². The zero-order valence-corrected chi connectivity index (χ0v) is 12.1. The van der Waals surface area contributed by atoms with E-state index >= 15 is 0 Å². The predicted molar refractivity (Wildman–Crippen MR) is 79.5 cm³/mol. The molecule has 3 nitrogen and oxygen atoms in total. The van der Waals surface area contributed by atoms with E-state index < -0.39 is 0 Å². The molecule has 1 aromatic carbocycles. The molecule has 1 aliphatic rings. The molecule has 2 aromatic rings. The van der Waals surface area contributed by atoms with E-state index in [-0.39, 0.29) is 6.04 Å². The maximum atomic E-state index is 5.81. The Kier molecular flexibility index (Phi) is 3.69. The minimum Gasteiger partial charge on any atom is -0.493 e. The van der Waals surface area contributed by atoms with Crippen LogP contribution in [0.5, 0.6) is 5.75 Å². The number of hydrogen-bond acceptors (Lipinski definition) is 3. The van der Waals surface area contributed by atoms with Gasteiger partial charge in [-0.1, -0.05) is 22.0 Å². The van der Waals surface area contributed by atoms with Gasteiger partial charge in [0.05, 0.1) is 18.3 Å². The van der Waals surface area contributed by atoms with Crippen molar-refractivity contribution in [1.82, 2.24) is 4.98 Å². The third-order valence-electron chi connectivity index (χ3n) is 3.25. The Bertz CT molecular complexity index is 559. The van der Waals surface area contributed by atoms with E-state index in [9.17, 15) is 0 Å². The van der Waals surface area contributed by atoms with Gasteiger partial charge in [-0.15, -0.1) is 0 Å². The standard InChI is InChI=1S/C15H15BrN2O/c16-11-5-6-13-14(4-2-8-19-15(13)9-11)18-12-3-1-7-17-10-12/h1,3,5-7,9-10,14,18H,2,4,8H2. The molecule has 0 fully saturated rings. The van der Waals surface area contributed by atoms with E-state index in [0.717, 1.165) is 35.4 Å². The second kappa shape index (κ2) is 5.61. The highest BCUT2D eigenvalue weighted by molar-refractivity contribution is 9.10. The number of pyridine rings is 1. The topological polar surface area (TPSA) is 34.1 Å². The third kappa shape index (κ3) is 2.89. The number of nitrogens with one attached hydrogen (secondary N) is 1. The molecule has 1 aromatic heterocycles. The van der Waals surface area contributed by atoms with Gasteiger partial charge in [0.15, 0.2) is 0 Å². The lowest BCUT2D eigenvalue weighted by atomic mass is 10.0. The Morgan fingerprint density at radius 1 is 1.32 bits per heavy atom. The molecule has 3 rings (SSSR count). The summed E-state index contributed by atoms with van der Waals surface area (Å²) in [6, 6.07) is 10.5. The number of aromatic nitrogens is 1. The quantitative estimate of drug-likeness (QED) is 0.902. The number of fused-ring (bicyclic) bond motifs is 1. The molecule has 0 aliphatic carbocycles. The zero-order valence-electron chi connectivity index (χ0n) is 10.5. The van der Waals surface area contributed by atoms with E-state index in [2.05, 4.69) is 38.4 Å². The SMILES string of the molecule is Brc1ccc2c(c1)OCCCC2Nc1cccnc1. The molecule has 19 heavy (non-hydrogen) atoms. The van der Waals surface area contributed by atoms with Gasteiger partial charge in [0.1, 0.15) is 5.75 Å². The van der Waals surface area contributed by atoms with Crippen molar-refractivity contribution in [1.29, 1.82) is 0 Å². The Labute approximate surface area is 121 Å². The zero-order chi connectivity index (χ0) is 13.1. The minimum atomic E-state index is 0.273. The van der Waals surface area contributed by atoms with Gasteiger partial charge in [-0.3, -0.25) is 4.98 Å². The summed E-state index contributed by atoms with van der Waals surface area (Å²) in [5, 5.41) is 3.54. The highest BCUT2D eigenvalue weighted by atomic mass is 79.9. The molecule has 0 saturated carbocycles. The van der Waals surface area contributed by atoms with Crippen molar-refractivity contribution in [2.24, 2.45) is 0 Å². The number of anilines is 1. The number of rotatable bonds is 2. The second-order valence-corrected chi connectivity index (χ2v) is 5.53. The Hall–Kier alpha value is -1.55. The molecule has 1 unspecified atom stereocenters. The Balaban J connectivity index is 1.90. The summed E-state index contributed by atoms with van der Waals surface area (Å²) in [6.45, 7) is 0.772. The average Bonchev–Trinajstić information content (AvgIpc) is 2.62. The fourth-order valence-corrected chi connectivity index (χ4v) is 2.69. The highest BCUT2D eigenvalue weighted by Gasteiger charge is 2.19. The van der Waals surface area contributed by atoms with Crippen molar-refractivity contribution >= 4 is 21.6 Å². The van der Waals surface area contributed by atoms with E-state index in [1.54, 1.807) is 6.20 Å². The first kappa shape index (κ1) is 12.5. The Morgan fingerprint density at radius 2 is 2.26 bits per heavy atom. The fourth-order valence-electron chi connectivity index (χ4n) is 2.35. The molecule has 0 bridgehead atoms. The number of hydrogen-bond donors (Lipinski definition) is 1. The Morgan fingerprint density at radius 3 is 3.11 bits per heavy atom. The van der Waals surface area contributed by atoms with Crippen LogP contribution in [0, 0.1) is 0 Å². The van der Waals surface area contributed by atoms with Crippen LogP contribution >= 0.6 is 15.9 Å². The summed E-state index contributed by atoms with van der Waals surface area (Å²) in [5.41, 5.74) is 2.26. The van der Waals surface area contributed by atoms with Gasteiger partial charge in [-0.25, -0.2) is 0 Å².